The van der Waals surface area contributed by atoms with E-state index in [4.69, 9.17) is 11.0 Å². The molecular formula is C10H9N3. The van der Waals surface area contributed by atoms with Gasteiger partial charge in [-0.3, -0.25) is 4.98 Å². The average Bonchev–Trinajstić information content (AvgIpc) is 2.11. The Kier molecular flexibility index (Phi) is 2.89. The van der Waals surface area contributed by atoms with Gasteiger partial charge < -0.3 is 5.73 Å². The Bertz CT molecular complexity index is 404. The summed E-state index contributed by atoms with van der Waals surface area (Å²) in [6, 6.07) is 3.70. The molecule has 0 aliphatic heterocycles. The van der Waals surface area contributed by atoms with Gasteiger partial charge >= 0.3 is 0 Å². The quantitative estimate of drug-likeness (QED) is 0.597. The fourth-order valence-electron chi connectivity index (χ4n) is 0.855. The van der Waals surface area contributed by atoms with Crippen LogP contribution in [0.1, 0.15) is 17.7 Å². The highest BCUT2D eigenvalue weighted by Gasteiger charge is 1.95. The number of pyridine rings is 1. The molecule has 1 aromatic heterocycles. The SMILES string of the molecule is Cc1ncc(N)cc1C#CCC#N. The Morgan fingerprint density at radius 3 is 3.08 bits per heavy atom. The van der Waals surface area contributed by atoms with Gasteiger partial charge in [0.15, 0.2) is 0 Å². The number of anilines is 1. The van der Waals surface area contributed by atoms with Gasteiger partial charge in [-0.2, -0.15) is 5.26 Å². The van der Waals surface area contributed by atoms with Crippen LogP contribution in [0.15, 0.2) is 12.3 Å². The van der Waals surface area contributed by atoms with Crippen LogP contribution in [0.25, 0.3) is 0 Å². The Hall–Kier alpha value is -2.00. The van der Waals surface area contributed by atoms with Crippen LogP contribution in [-0.2, 0) is 0 Å². The summed E-state index contributed by atoms with van der Waals surface area (Å²) >= 11 is 0. The Morgan fingerprint density at radius 1 is 1.62 bits per heavy atom. The van der Waals surface area contributed by atoms with Gasteiger partial charge in [0.25, 0.3) is 0 Å². The molecule has 0 fully saturated rings. The minimum atomic E-state index is 0.230. The number of rotatable bonds is 0. The van der Waals surface area contributed by atoms with Gasteiger partial charge in [-0.15, -0.1) is 0 Å². The lowest BCUT2D eigenvalue weighted by atomic mass is 10.2. The first-order chi connectivity index (χ1) is 6.24. The molecule has 0 saturated heterocycles. The minimum Gasteiger partial charge on any atom is -0.397 e. The molecule has 0 bridgehead atoms. The van der Waals surface area contributed by atoms with Crippen molar-refractivity contribution in [1.82, 2.24) is 4.98 Å². The smallest absolute Gasteiger partial charge is 0.0966 e. The van der Waals surface area contributed by atoms with E-state index in [0.717, 1.165) is 11.3 Å². The first-order valence-electron chi connectivity index (χ1n) is 3.82. The maximum Gasteiger partial charge on any atom is 0.0966 e. The van der Waals surface area contributed by atoms with E-state index in [-0.39, 0.29) is 6.42 Å². The van der Waals surface area contributed by atoms with Gasteiger partial charge in [0, 0.05) is 5.56 Å². The summed E-state index contributed by atoms with van der Waals surface area (Å²) in [5.74, 6) is 5.55. The van der Waals surface area contributed by atoms with E-state index < -0.39 is 0 Å². The van der Waals surface area contributed by atoms with E-state index in [1.165, 1.54) is 0 Å². The van der Waals surface area contributed by atoms with E-state index in [0.29, 0.717) is 5.69 Å². The predicted octanol–water partition coefficient (Wildman–Crippen LogP) is 1.24. The van der Waals surface area contributed by atoms with Crippen molar-refractivity contribution in [1.29, 1.82) is 5.26 Å². The van der Waals surface area contributed by atoms with Gasteiger partial charge in [0.2, 0.25) is 0 Å². The molecule has 1 heterocycles. The molecule has 0 radical (unpaired) electrons. The summed E-state index contributed by atoms with van der Waals surface area (Å²) in [6.45, 7) is 1.86. The van der Waals surface area contributed by atoms with E-state index in [1.807, 2.05) is 13.0 Å². The van der Waals surface area contributed by atoms with Crippen molar-refractivity contribution in [3.8, 4) is 17.9 Å². The standard InChI is InChI=1S/C10H9N3/c1-8-9(4-2-3-5-11)6-10(12)7-13-8/h6-7H,3,12H2,1H3. The number of aromatic nitrogens is 1. The lowest BCUT2D eigenvalue weighted by molar-refractivity contribution is 1.19. The van der Waals surface area contributed by atoms with Crippen LogP contribution in [0.3, 0.4) is 0 Å². The molecule has 13 heavy (non-hydrogen) atoms. The molecule has 3 heteroatoms. The molecule has 0 saturated carbocycles. The second-order valence-electron chi connectivity index (χ2n) is 2.54. The van der Waals surface area contributed by atoms with E-state index in [1.54, 1.807) is 12.3 Å². The van der Waals surface area contributed by atoms with Crippen molar-refractivity contribution in [2.24, 2.45) is 0 Å². The summed E-state index contributed by atoms with van der Waals surface area (Å²) in [5, 5.41) is 8.28. The molecule has 0 unspecified atom stereocenters. The van der Waals surface area contributed by atoms with Crippen molar-refractivity contribution in [3.63, 3.8) is 0 Å². The first kappa shape index (κ1) is 9.09. The minimum absolute atomic E-state index is 0.230. The summed E-state index contributed by atoms with van der Waals surface area (Å²) < 4.78 is 0. The monoisotopic (exact) mass is 171 g/mol. The van der Waals surface area contributed by atoms with Crippen molar-refractivity contribution >= 4 is 5.69 Å². The first-order valence-corrected chi connectivity index (χ1v) is 3.82. The largest absolute Gasteiger partial charge is 0.397 e. The van der Waals surface area contributed by atoms with Gasteiger partial charge in [0.05, 0.1) is 30.1 Å². The number of nitrogens with two attached hydrogens (primary N) is 1. The third-order valence-electron chi connectivity index (χ3n) is 1.50. The summed E-state index contributed by atoms with van der Waals surface area (Å²) in [6.07, 6.45) is 1.82. The van der Waals surface area contributed by atoms with Gasteiger partial charge in [-0.25, -0.2) is 0 Å². The normalized spacial score (nSPS) is 8.31. The number of nitrogens with zero attached hydrogens (tertiary/aromatic N) is 2. The Labute approximate surface area is 77.2 Å². The highest BCUT2D eigenvalue weighted by Crippen LogP contribution is 2.07. The molecule has 1 rings (SSSR count). The van der Waals surface area contributed by atoms with Crippen molar-refractivity contribution < 1.29 is 0 Å². The number of hydrogen-bond donors (Lipinski definition) is 1. The van der Waals surface area contributed by atoms with Gasteiger partial charge in [-0.05, 0) is 13.0 Å². The van der Waals surface area contributed by atoms with E-state index in [9.17, 15) is 0 Å². The lowest BCUT2D eigenvalue weighted by Crippen LogP contribution is -1.92. The molecule has 0 spiro atoms. The molecule has 1 aromatic rings. The maximum absolute atomic E-state index is 8.28. The van der Waals surface area contributed by atoms with E-state index >= 15 is 0 Å². The molecule has 0 aliphatic carbocycles. The van der Waals surface area contributed by atoms with Crippen LogP contribution in [0.4, 0.5) is 5.69 Å². The van der Waals surface area contributed by atoms with Crippen LogP contribution < -0.4 is 5.73 Å². The predicted molar refractivity (Wildman–Crippen MR) is 50.5 cm³/mol. The van der Waals surface area contributed by atoms with Crippen LogP contribution in [0, 0.1) is 30.1 Å². The zero-order chi connectivity index (χ0) is 9.68. The third kappa shape index (κ3) is 2.50. The second kappa shape index (κ2) is 4.13. The topological polar surface area (TPSA) is 62.7 Å². The third-order valence-corrected chi connectivity index (χ3v) is 1.50. The molecular weight excluding hydrogens is 162 g/mol. The number of aryl methyl sites for hydroxylation is 1. The van der Waals surface area contributed by atoms with Crippen molar-refractivity contribution in [2.45, 2.75) is 13.3 Å². The zero-order valence-electron chi connectivity index (χ0n) is 7.33. The van der Waals surface area contributed by atoms with Crippen molar-refractivity contribution in [3.05, 3.63) is 23.5 Å². The lowest BCUT2D eigenvalue weighted by Gasteiger charge is -1.97. The summed E-state index contributed by atoms with van der Waals surface area (Å²) in [5.41, 5.74) is 7.75. The Balaban J connectivity index is 2.97. The highest BCUT2D eigenvalue weighted by atomic mass is 14.7. The second-order valence-corrected chi connectivity index (χ2v) is 2.54. The van der Waals surface area contributed by atoms with Crippen molar-refractivity contribution in [2.75, 3.05) is 5.73 Å². The maximum atomic E-state index is 8.28. The molecule has 64 valence electrons. The number of nitriles is 1. The zero-order valence-corrected chi connectivity index (χ0v) is 7.33. The summed E-state index contributed by atoms with van der Waals surface area (Å²) in [4.78, 5) is 4.05. The highest BCUT2D eigenvalue weighted by molar-refractivity contribution is 5.47. The van der Waals surface area contributed by atoms with Gasteiger partial charge in [0.1, 0.15) is 0 Å². The molecule has 0 aliphatic rings. The van der Waals surface area contributed by atoms with Crippen LogP contribution in [0.2, 0.25) is 0 Å². The molecule has 2 N–H and O–H groups in total. The fourth-order valence-corrected chi connectivity index (χ4v) is 0.855. The molecule has 0 amide bonds. The van der Waals surface area contributed by atoms with Crippen LogP contribution in [0.5, 0.6) is 0 Å². The molecule has 0 aromatic carbocycles. The molecule has 3 nitrogen and oxygen atoms in total. The molecule has 0 atom stereocenters. The number of nitrogen functional groups attached to an aromatic ring is 1. The Morgan fingerprint density at radius 2 is 2.38 bits per heavy atom. The average molecular weight is 171 g/mol. The number of hydrogen-bond acceptors (Lipinski definition) is 3. The fraction of sp³-hybridized carbons (Fsp3) is 0.200. The van der Waals surface area contributed by atoms with Gasteiger partial charge in [-0.1, -0.05) is 11.8 Å². The van der Waals surface area contributed by atoms with Crippen LogP contribution >= 0.6 is 0 Å². The van der Waals surface area contributed by atoms with Crippen LogP contribution in [-0.4, -0.2) is 4.98 Å². The van der Waals surface area contributed by atoms with E-state index in [2.05, 4.69) is 16.8 Å². The summed E-state index contributed by atoms with van der Waals surface area (Å²) in [7, 11) is 0.